The van der Waals surface area contributed by atoms with Crippen molar-refractivity contribution in [2.24, 2.45) is 5.92 Å². The van der Waals surface area contributed by atoms with Crippen LogP contribution in [0.2, 0.25) is 0 Å². The summed E-state index contributed by atoms with van der Waals surface area (Å²) in [4.78, 5) is 15.1. The normalized spacial score (nSPS) is 21.2. The van der Waals surface area contributed by atoms with Gasteiger partial charge in [-0.1, -0.05) is 51.0 Å². The molecule has 2 nitrogen and oxygen atoms in total. The molecule has 1 aromatic carbocycles. The minimum absolute atomic E-state index is 0.00845. The lowest BCUT2D eigenvalue weighted by atomic mass is 9.81. The van der Waals surface area contributed by atoms with Crippen molar-refractivity contribution in [1.29, 1.82) is 0 Å². The molecule has 1 amide bonds. The zero-order valence-corrected chi connectivity index (χ0v) is 14.3. The molecule has 1 saturated heterocycles. The van der Waals surface area contributed by atoms with Gasteiger partial charge in [-0.15, -0.1) is 0 Å². The molecule has 3 rings (SSSR count). The molecule has 0 aromatic heterocycles. The minimum Gasteiger partial charge on any atom is -0.336 e. The number of amides is 1. The Kier molecular flexibility index (Phi) is 4.29. The van der Waals surface area contributed by atoms with Crippen molar-refractivity contribution in [1.82, 2.24) is 4.90 Å². The lowest BCUT2D eigenvalue weighted by Crippen LogP contribution is -2.61. The van der Waals surface area contributed by atoms with Crippen molar-refractivity contribution in [2.45, 2.75) is 70.8 Å². The SMILES string of the molecule is CC(C)Cc1ccc(C(C)C(=O)N2CCC23CCCC3)cc1. The number of carbonyl (C=O) groups excluding carboxylic acids is 1. The molecular weight excluding hydrogens is 270 g/mol. The van der Waals surface area contributed by atoms with E-state index in [0.29, 0.717) is 11.8 Å². The summed E-state index contributed by atoms with van der Waals surface area (Å²) in [5.41, 5.74) is 2.77. The smallest absolute Gasteiger partial charge is 0.230 e. The summed E-state index contributed by atoms with van der Waals surface area (Å²) in [6, 6.07) is 8.70. The van der Waals surface area contributed by atoms with Crippen LogP contribution in [0.1, 0.15) is 69.9 Å². The van der Waals surface area contributed by atoms with E-state index in [1.807, 2.05) is 0 Å². The summed E-state index contributed by atoms with van der Waals surface area (Å²) < 4.78 is 0. The van der Waals surface area contributed by atoms with E-state index in [2.05, 4.69) is 49.9 Å². The first kappa shape index (κ1) is 15.6. The molecule has 2 heteroatoms. The molecule has 2 aliphatic rings. The van der Waals surface area contributed by atoms with Crippen molar-refractivity contribution < 1.29 is 4.79 Å². The van der Waals surface area contributed by atoms with Crippen LogP contribution in [0.5, 0.6) is 0 Å². The summed E-state index contributed by atoms with van der Waals surface area (Å²) in [5, 5.41) is 0. The fourth-order valence-corrected chi connectivity index (χ4v) is 4.23. The van der Waals surface area contributed by atoms with Crippen LogP contribution in [0.25, 0.3) is 0 Å². The maximum absolute atomic E-state index is 12.9. The predicted molar refractivity (Wildman–Crippen MR) is 90.9 cm³/mol. The van der Waals surface area contributed by atoms with Gasteiger partial charge < -0.3 is 4.90 Å². The minimum atomic E-state index is -0.00845. The third kappa shape index (κ3) is 2.80. The van der Waals surface area contributed by atoms with Gasteiger partial charge in [0.05, 0.1) is 5.92 Å². The van der Waals surface area contributed by atoms with Gasteiger partial charge >= 0.3 is 0 Å². The molecule has 120 valence electrons. The van der Waals surface area contributed by atoms with Gasteiger partial charge in [0.15, 0.2) is 0 Å². The van der Waals surface area contributed by atoms with E-state index in [1.54, 1.807) is 0 Å². The van der Waals surface area contributed by atoms with Gasteiger partial charge in [0.2, 0.25) is 5.91 Å². The van der Waals surface area contributed by atoms with Crippen LogP contribution in [-0.2, 0) is 11.2 Å². The molecule has 2 fully saturated rings. The third-order valence-corrected chi connectivity index (χ3v) is 5.67. The Hall–Kier alpha value is -1.31. The van der Waals surface area contributed by atoms with Gasteiger partial charge in [0, 0.05) is 12.1 Å². The molecule has 22 heavy (non-hydrogen) atoms. The van der Waals surface area contributed by atoms with Crippen LogP contribution in [0, 0.1) is 5.92 Å². The van der Waals surface area contributed by atoms with Gasteiger partial charge in [0.25, 0.3) is 0 Å². The third-order valence-electron chi connectivity index (χ3n) is 5.67. The zero-order chi connectivity index (χ0) is 15.7. The maximum Gasteiger partial charge on any atom is 0.230 e. The molecule has 0 bridgehead atoms. The Morgan fingerprint density at radius 2 is 1.73 bits per heavy atom. The summed E-state index contributed by atoms with van der Waals surface area (Å²) in [5.74, 6) is 1.00. The highest BCUT2D eigenvalue weighted by atomic mass is 16.2. The molecule has 0 radical (unpaired) electrons. The largest absolute Gasteiger partial charge is 0.336 e. The maximum atomic E-state index is 12.9. The van der Waals surface area contributed by atoms with Crippen LogP contribution in [0.3, 0.4) is 0 Å². The van der Waals surface area contributed by atoms with E-state index in [0.717, 1.165) is 18.5 Å². The van der Waals surface area contributed by atoms with Crippen molar-refractivity contribution in [3.63, 3.8) is 0 Å². The van der Waals surface area contributed by atoms with E-state index >= 15 is 0 Å². The second kappa shape index (κ2) is 6.06. The Balaban J connectivity index is 1.68. The monoisotopic (exact) mass is 299 g/mol. The predicted octanol–water partition coefficient (Wildman–Crippen LogP) is 4.53. The molecule has 0 N–H and O–H groups in total. The van der Waals surface area contributed by atoms with Crippen molar-refractivity contribution in [3.05, 3.63) is 35.4 Å². The van der Waals surface area contributed by atoms with Crippen LogP contribution >= 0.6 is 0 Å². The van der Waals surface area contributed by atoms with Gasteiger partial charge in [-0.25, -0.2) is 0 Å². The summed E-state index contributed by atoms with van der Waals surface area (Å²) in [7, 11) is 0. The van der Waals surface area contributed by atoms with Gasteiger partial charge in [-0.3, -0.25) is 4.79 Å². The lowest BCUT2D eigenvalue weighted by Gasteiger charge is -2.52. The van der Waals surface area contributed by atoms with Gasteiger partial charge in [-0.2, -0.15) is 0 Å². The first-order valence-electron chi connectivity index (χ1n) is 8.92. The topological polar surface area (TPSA) is 20.3 Å². The van der Waals surface area contributed by atoms with E-state index in [4.69, 9.17) is 0 Å². The number of rotatable bonds is 4. The Morgan fingerprint density at radius 3 is 2.23 bits per heavy atom. The average Bonchev–Trinajstić information content (AvgIpc) is 2.97. The molecule has 1 saturated carbocycles. The van der Waals surface area contributed by atoms with Crippen molar-refractivity contribution >= 4 is 5.91 Å². The highest BCUT2D eigenvalue weighted by Crippen LogP contribution is 2.45. The quantitative estimate of drug-likeness (QED) is 0.799. The molecule has 1 spiro atoms. The van der Waals surface area contributed by atoms with Crippen LogP contribution in [-0.4, -0.2) is 22.9 Å². The second-order valence-electron chi connectivity index (χ2n) is 7.73. The number of carbonyl (C=O) groups is 1. The number of nitrogens with zero attached hydrogens (tertiary/aromatic N) is 1. The number of benzene rings is 1. The van der Waals surface area contributed by atoms with Gasteiger partial charge in [-0.05, 0) is 49.7 Å². The second-order valence-corrected chi connectivity index (χ2v) is 7.73. The average molecular weight is 299 g/mol. The van der Waals surface area contributed by atoms with Crippen LogP contribution < -0.4 is 0 Å². The first-order valence-corrected chi connectivity index (χ1v) is 8.92. The van der Waals surface area contributed by atoms with Gasteiger partial charge in [0.1, 0.15) is 0 Å². The van der Waals surface area contributed by atoms with Crippen molar-refractivity contribution in [3.8, 4) is 0 Å². The summed E-state index contributed by atoms with van der Waals surface area (Å²) >= 11 is 0. The summed E-state index contributed by atoms with van der Waals surface area (Å²) in [6.07, 6.45) is 7.36. The number of hydrogen-bond donors (Lipinski definition) is 0. The number of hydrogen-bond acceptors (Lipinski definition) is 1. The number of likely N-dealkylation sites (tertiary alicyclic amines) is 1. The molecule has 1 aromatic rings. The van der Waals surface area contributed by atoms with E-state index in [9.17, 15) is 4.79 Å². The summed E-state index contributed by atoms with van der Waals surface area (Å²) in [6.45, 7) is 7.52. The van der Waals surface area contributed by atoms with E-state index in [-0.39, 0.29) is 11.5 Å². The highest BCUT2D eigenvalue weighted by Gasteiger charge is 2.49. The molecule has 1 unspecified atom stereocenters. The highest BCUT2D eigenvalue weighted by molar-refractivity contribution is 5.85. The fraction of sp³-hybridized carbons (Fsp3) is 0.650. The lowest BCUT2D eigenvalue weighted by molar-refractivity contribution is -0.148. The molecular formula is C20H29NO. The van der Waals surface area contributed by atoms with E-state index in [1.165, 1.54) is 37.7 Å². The fourth-order valence-electron chi connectivity index (χ4n) is 4.23. The Morgan fingerprint density at radius 1 is 1.09 bits per heavy atom. The molecule has 1 aliphatic heterocycles. The molecule has 1 heterocycles. The zero-order valence-electron chi connectivity index (χ0n) is 14.3. The Bertz CT molecular complexity index is 525. The van der Waals surface area contributed by atoms with Crippen molar-refractivity contribution in [2.75, 3.05) is 6.54 Å². The molecule has 1 aliphatic carbocycles. The van der Waals surface area contributed by atoms with E-state index < -0.39 is 0 Å². The standard InChI is InChI=1S/C20H29NO/c1-15(2)14-17-6-8-18(9-7-17)16(3)19(22)21-13-12-20(21)10-4-5-11-20/h6-9,15-16H,4-5,10-14H2,1-3H3. The first-order chi connectivity index (χ1) is 10.5. The molecule has 1 atom stereocenters. The van der Waals surface area contributed by atoms with Crippen LogP contribution in [0.4, 0.5) is 0 Å². The Labute approximate surface area is 134 Å². The van der Waals surface area contributed by atoms with Crippen LogP contribution in [0.15, 0.2) is 24.3 Å².